The van der Waals surface area contributed by atoms with Crippen molar-refractivity contribution in [2.45, 2.75) is 27.2 Å². The van der Waals surface area contributed by atoms with Crippen LogP contribution in [0.2, 0.25) is 0 Å². The zero-order valence-corrected chi connectivity index (χ0v) is 8.33. The van der Waals surface area contributed by atoms with E-state index >= 15 is 0 Å². The molecular weight excluding hydrogens is 160 g/mol. The molecule has 0 saturated carbocycles. The lowest BCUT2D eigenvalue weighted by atomic mass is 10.3. The van der Waals surface area contributed by atoms with Crippen LogP contribution >= 0.6 is 0 Å². The molecule has 68 valence electrons. The molecule has 0 spiro atoms. The summed E-state index contributed by atoms with van der Waals surface area (Å²) in [6.45, 7) is 6.33. The van der Waals surface area contributed by atoms with Crippen molar-refractivity contribution in [3.05, 3.63) is 35.3 Å². The number of pyridine rings is 1. The summed E-state index contributed by atoms with van der Waals surface area (Å²) < 4.78 is 2.17. The molecule has 0 aliphatic heterocycles. The van der Waals surface area contributed by atoms with E-state index in [9.17, 15) is 0 Å². The number of rotatable bonds is 1. The minimum Gasteiger partial charge on any atom is -0.304 e. The first-order chi connectivity index (χ1) is 6.22. The largest absolute Gasteiger partial charge is 0.304 e. The highest BCUT2D eigenvalue weighted by atomic mass is 15.0. The van der Waals surface area contributed by atoms with Gasteiger partial charge in [0.1, 0.15) is 5.65 Å². The van der Waals surface area contributed by atoms with Crippen molar-refractivity contribution in [2.24, 2.45) is 0 Å². The van der Waals surface area contributed by atoms with Gasteiger partial charge in [-0.05, 0) is 38.0 Å². The predicted molar refractivity (Wildman–Crippen MR) is 54.0 cm³/mol. The highest BCUT2D eigenvalue weighted by Gasteiger charge is 2.05. The number of aryl methyl sites for hydroxylation is 3. The summed E-state index contributed by atoms with van der Waals surface area (Å²) in [5, 5.41) is 0. The standard InChI is InChI=1S/C11H14N2/c1-4-10-9(3)12-11-7-8(2)5-6-13(10)11/h5-7H,4H2,1-3H3. The molecule has 0 bridgehead atoms. The molecule has 0 radical (unpaired) electrons. The Hall–Kier alpha value is -1.31. The minimum atomic E-state index is 1.04. The van der Waals surface area contributed by atoms with Gasteiger partial charge >= 0.3 is 0 Å². The van der Waals surface area contributed by atoms with Gasteiger partial charge in [-0.25, -0.2) is 4.98 Å². The van der Waals surface area contributed by atoms with Crippen LogP contribution in [0.25, 0.3) is 5.65 Å². The number of aromatic nitrogens is 2. The summed E-state index contributed by atoms with van der Waals surface area (Å²) in [7, 11) is 0. The molecule has 0 unspecified atom stereocenters. The van der Waals surface area contributed by atoms with Crippen molar-refractivity contribution in [1.82, 2.24) is 9.38 Å². The monoisotopic (exact) mass is 174 g/mol. The Bertz CT molecular complexity index is 441. The quantitative estimate of drug-likeness (QED) is 0.649. The van der Waals surface area contributed by atoms with Crippen LogP contribution in [0.4, 0.5) is 0 Å². The third kappa shape index (κ3) is 1.22. The third-order valence-corrected chi connectivity index (χ3v) is 2.42. The molecule has 0 N–H and O–H groups in total. The fraction of sp³-hybridized carbons (Fsp3) is 0.364. The molecule has 0 atom stereocenters. The van der Waals surface area contributed by atoms with Gasteiger partial charge < -0.3 is 4.40 Å². The maximum absolute atomic E-state index is 4.51. The van der Waals surface area contributed by atoms with Crippen molar-refractivity contribution in [3.63, 3.8) is 0 Å². The second-order valence-electron chi connectivity index (χ2n) is 3.43. The van der Waals surface area contributed by atoms with Gasteiger partial charge in [-0.15, -0.1) is 0 Å². The van der Waals surface area contributed by atoms with Gasteiger partial charge in [0, 0.05) is 11.9 Å². The number of imidazole rings is 1. The van der Waals surface area contributed by atoms with E-state index in [0.29, 0.717) is 0 Å². The fourth-order valence-corrected chi connectivity index (χ4v) is 1.74. The SMILES string of the molecule is CCc1c(C)nc2cc(C)ccn12. The van der Waals surface area contributed by atoms with Crippen molar-refractivity contribution < 1.29 is 0 Å². The van der Waals surface area contributed by atoms with E-state index in [-0.39, 0.29) is 0 Å². The molecule has 2 heteroatoms. The van der Waals surface area contributed by atoms with Gasteiger partial charge in [0.2, 0.25) is 0 Å². The number of fused-ring (bicyclic) bond motifs is 1. The lowest BCUT2D eigenvalue weighted by Gasteiger charge is -1.99. The van der Waals surface area contributed by atoms with Crippen molar-refractivity contribution in [1.29, 1.82) is 0 Å². The molecule has 0 aliphatic carbocycles. The summed E-state index contributed by atoms with van der Waals surface area (Å²) >= 11 is 0. The molecular formula is C11H14N2. The summed E-state index contributed by atoms with van der Waals surface area (Å²) in [5.74, 6) is 0. The van der Waals surface area contributed by atoms with E-state index in [4.69, 9.17) is 0 Å². The molecule has 0 aromatic carbocycles. The Balaban J connectivity index is 2.79. The fourth-order valence-electron chi connectivity index (χ4n) is 1.74. The summed E-state index contributed by atoms with van der Waals surface area (Å²) in [5.41, 5.74) is 4.79. The maximum atomic E-state index is 4.51. The molecule has 13 heavy (non-hydrogen) atoms. The Morgan fingerprint density at radius 3 is 2.85 bits per heavy atom. The highest BCUT2D eigenvalue weighted by Crippen LogP contribution is 2.13. The first kappa shape index (κ1) is 8.30. The van der Waals surface area contributed by atoms with E-state index < -0.39 is 0 Å². The van der Waals surface area contributed by atoms with E-state index in [1.807, 2.05) is 0 Å². The molecule has 2 nitrogen and oxygen atoms in total. The lowest BCUT2D eigenvalue weighted by molar-refractivity contribution is 0.976. The van der Waals surface area contributed by atoms with E-state index in [2.05, 4.69) is 48.5 Å². The van der Waals surface area contributed by atoms with Gasteiger partial charge in [-0.3, -0.25) is 0 Å². The Kier molecular flexibility index (Phi) is 1.83. The maximum Gasteiger partial charge on any atom is 0.137 e. The Morgan fingerprint density at radius 2 is 2.15 bits per heavy atom. The van der Waals surface area contributed by atoms with Crippen LogP contribution in [-0.2, 0) is 6.42 Å². The second-order valence-corrected chi connectivity index (χ2v) is 3.43. The first-order valence-electron chi connectivity index (χ1n) is 4.66. The van der Waals surface area contributed by atoms with Crippen LogP contribution in [0.3, 0.4) is 0 Å². The summed E-state index contributed by atoms with van der Waals surface area (Å²) in [6, 6.07) is 4.24. The molecule has 0 aliphatic rings. The molecule has 0 amide bonds. The molecule has 2 heterocycles. The van der Waals surface area contributed by atoms with Crippen LogP contribution in [0.5, 0.6) is 0 Å². The van der Waals surface area contributed by atoms with Crippen LogP contribution in [-0.4, -0.2) is 9.38 Å². The van der Waals surface area contributed by atoms with Crippen molar-refractivity contribution in [3.8, 4) is 0 Å². The number of hydrogen-bond donors (Lipinski definition) is 0. The Morgan fingerprint density at radius 1 is 1.38 bits per heavy atom. The third-order valence-electron chi connectivity index (χ3n) is 2.42. The smallest absolute Gasteiger partial charge is 0.137 e. The first-order valence-corrected chi connectivity index (χ1v) is 4.66. The molecule has 2 aromatic rings. The molecule has 2 aromatic heterocycles. The molecule has 0 fully saturated rings. The average Bonchev–Trinajstić information content (AvgIpc) is 2.39. The summed E-state index contributed by atoms with van der Waals surface area (Å²) in [6.07, 6.45) is 3.14. The van der Waals surface area contributed by atoms with Crippen LogP contribution in [0.15, 0.2) is 18.3 Å². The van der Waals surface area contributed by atoms with Gasteiger partial charge in [-0.1, -0.05) is 6.92 Å². The van der Waals surface area contributed by atoms with Gasteiger partial charge in [0.25, 0.3) is 0 Å². The van der Waals surface area contributed by atoms with Crippen LogP contribution < -0.4 is 0 Å². The Labute approximate surface area is 78.2 Å². The van der Waals surface area contributed by atoms with Gasteiger partial charge in [0.05, 0.1) is 5.69 Å². The summed E-state index contributed by atoms with van der Waals surface area (Å²) in [4.78, 5) is 4.51. The molecule has 0 saturated heterocycles. The normalized spacial score (nSPS) is 11.0. The predicted octanol–water partition coefficient (Wildman–Crippen LogP) is 2.51. The highest BCUT2D eigenvalue weighted by molar-refractivity contribution is 5.45. The zero-order chi connectivity index (χ0) is 9.42. The van der Waals surface area contributed by atoms with Crippen molar-refractivity contribution >= 4 is 5.65 Å². The topological polar surface area (TPSA) is 17.3 Å². The zero-order valence-electron chi connectivity index (χ0n) is 8.33. The van der Waals surface area contributed by atoms with E-state index in [1.165, 1.54) is 11.3 Å². The van der Waals surface area contributed by atoms with Crippen molar-refractivity contribution in [2.75, 3.05) is 0 Å². The van der Waals surface area contributed by atoms with E-state index in [0.717, 1.165) is 17.8 Å². The number of nitrogens with zero attached hydrogens (tertiary/aromatic N) is 2. The van der Waals surface area contributed by atoms with E-state index in [1.54, 1.807) is 0 Å². The second kappa shape index (κ2) is 2.87. The molecule has 2 rings (SSSR count). The minimum absolute atomic E-state index is 1.04. The van der Waals surface area contributed by atoms with Gasteiger partial charge in [0.15, 0.2) is 0 Å². The number of hydrogen-bond acceptors (Lipinski definition) is 1. The van der Waals surface area contributed by atoms with Gasteiger partial charge in [-0.2, -0.15) is 0 Å². The average molecular weight is 174 g/mol. The van der Waals surface area contributed by atoms with Crippen LogP contribution in [0, 0.1) is 13.8 Å². The lowest BCUT2D eigenvalue weighted by Crippen LogP contribution is -1.91. The van der Waals surface area contributed by atoms with Crippen LogP contribution in [0.1, 0.15) is 23.9 Å².